The number of rotatable bonds is 2. The lowest BCUT2D eigenvalue weighted by Gasteiger charge is -2.51. The van der Waals surface area contributed by atoms with Gasteiger partial charge in [0.1, 0.15) is 6.79 Å². The number of hydrogen-bond donors (Lipinski definition) is 2. The summed E-state index contributed by atoms with van der Waals surface area (Å²) in [5, 5.41) is 20.1. The second-order valence-electron chi connectivity index (χ2n) is 5.26. The highest BCUT2D eigenvalue weighted by Crippen LogP contribution is 2.37. The van der Waals surface area contributed by atoms with Crippen molar-refractivity contribution in [2.75, 3.05) is 6.79 Å². The van der Waals surface area contributed by atoms with Gasteiger partial charge in [-0.05, 0) is 40.5 Å². The van der Waals surface area contributed by atoms with Crippen LogP contribution >= 0.6 is 0 Å². The van der Waals surface area contributed by atoms with E-state index in [2.05, 4.69) is 0 Å². The van der Waals surface area contributed by atoms with Gasteiger partial charge in [0.25, 0.3) is 0 Å². The number of piperidine rings is 1. The molecular formula is C10H21NO3. The molecule has 0 unspecified atom stereocenters. The fraction of sp³-hybridized carbons (Fsp3) is 1.00. The number of aliphatic hydroxyl groups is 1. The van der Waals surface area contributed by atoms with E-state index in [0.717, 1.165) is 12.8 Å². The maximum Gasteiger partial charge on any atom is 0.143 e. The Bertz CT molecular complexity index is 186. The molecule has 1 fully saturated rings. The van der Waals surface area contributed by atoms with E-state index in [9.17, 15) is 5.21 Å². The third-order valence-corrected chi connectivity index (χ3v) is 2.91. The molecule has 0 aliphatic carbocycles. The van der Waals surface area contributed by atoms with Crippen LogP contribution in [0.4, 0.5) is 0 Å². The van der Waals surface area contributed by atoms with Crippen molar-refractivity contribution in [1.82, 2.24) is 5.06 Å². The standard InChI is InChI=1S/C10H21NO3/c1-9(2)5-8(14-7-12)6-10(3,4)11(9)13/h8,12-13H,5-7H2,1-4H3. The van der Waals surface area contributed by atoms with Crippen LogP contribution in [0.15, 0.2) is 0 Å². The van der Waals surface area contributed by atoms with Gasteiger partial charge in [0.2, 0.25) is 0 Å². The van der Waals surface area contributed by atoms with E-state index < -0.39 is 0 Å². The molecule has 1 heterocycles. The molecular weight excluding hydrogens is 182 g/mol. The zero-order chi connectivity index (χ0) is 11.0. The Kier molecular flexibility index (Phi) is 3.21. The van der Waals surface area contributed by atoms with E-state index in [-0.39, 0.29) is 24.0 Å². The van der Waals surface area contributed by atoms with Crippen molar-refractivity contribution in [2.24, 2.45) is 0 Å². The molecule has 0 spiro atoms. The van der Waals surface area contributed by atoms with E-state index in [4.69, 9.17) is 9.84 Å². The monoisotopic (exact) mass is 203 g/mol. The SMILES string of the molecule is CC1(C)CC(OCO)CC(C)(C)N1O. The zero-order valence-electron chi connectivity index (χ0n) is 9.45. The summed E-state index contributed by atoms with van der Waals surface area (Å²) in [6.45, 7) is 7.65. The van der Waals surface area contributed by atoms with Crippen molar-refractivity contribution >= 4 is 0 Å². The minimum absolute atomic E-state index is 0.0217. The smallest absolute Gasteiger partial charge is 0.143 e. The first-order valence-electron chi connectivity index (χ1n) is 5.01. The molecule has 14 heavy (non-hydrogen) atoms. The number of hydrogen-bond acceptors (Lipinski definition) is 4. The molecule has 4 heteroatoms. The average molecular weight is 203 g/mol. The lowest BCUT2D eigenvalue weighted by molar-refractivity contribution is -0.265. The molecule has 0 aromatic heterocycles. The van der Waals surface area contributed by atoms with Gasteiger partial charge in [0.15, 0.2) is 0 Å². The molecule has 0 aromatic rings. The summed E-state index contributed by atoms with van der Waals surface area (Å²) >= 11 is 0. The minimum atomic E-state index is -0.304. The fourth-order valence-electron chi connectivity index (χ4n) is 2.40. The second kappa shape index (κ2) is 3.77. The lowest BCUT2D eigenvalue weighted by Crippen LogP contribution is -2.60. The van der Waals surface area contributed by atoms with Crippen LogP contribution in [0, 0.1) is 0 Å². The molecule has 1 aliphatic rings. The van der Waals surface area contributed by atoms with E-state index >= 15 is 0 Å². The first kappa shape index (κ1) is 11.9. The molecule has 0 amide bonds. The zero-order valence-corrected chi connectivity index (χ0v) is 9.45. The highest BCUT2D eigenvalue weighted by atomic mass is 16.6. The molecule has 2 N–H and O–H groups in total. The third-order valence-electron chi connectivity index (χ3n) is 2.91. The molecule has 0 saturated carbocycles. The van der Waals surface area contributed by atoms with Gasteiger partial charge in [-0.15, -0.1) is 0 Å². The molecule has 0 radical (unpaired) electrons. The summed E-state index contributed by atoms with van der Waals surface area (Å²) < 4.78 is 5.22. The van der Waals surface area contributed by atoms with E-state index in [1.165, 1.54) is 5.06 Å². The quantitative estimate of drug-likeness (QED) is 0.665. The Morgan fingerprint density at radius 1 is 1.21 bits per heavy atom. The van der Waals surface area contributed by atoms with Crippen molar-refractivity contribution in [3.05, 3.63) is 0 Å². The van der Waals surface area contributed by atoms with Crippen LogP contribution in [0.25, 0.3) is 0 Å². The molecule has 1 saturated heterocycles. The Hall–Kier alpha value is -0.160. The van der Waals surface area contributed by atoms with Crippen LogP contribution in [0.1, 0.15) is 40.5 Å². The van der Waals surface area contributed by atoms with Gasteiger partial charge in [-0.1, -0.05) is 0 Å². The van der Waals surface area contributed by atoms with Gasteiger partial charge >= 0.3 is 0 Å². The first-order chi connectivity index (χ1) is 6.29. The van der Waals surface area contributed by atoms with Gasteiger partial charge < -0.3 is 15.1 Å². The van der Waals surface area contributed by atoms with Crippen molar-refractivity contribution in [3.8, 4) is 0 Å². The summed E-state index contributed by atoms with van der Waals surface area (Å²) in [7, 11) is 0. The van der Waals surface area contributed by atoms with Crippen LogP contribution in [0.3, 0.4) is 0 Å². The normalized spacial score (nSPS) is 27.9. The maximum absolute atomic E-state index is 9.97. The van der Waals surface area contributed by atoms with E-state index in [1.54, 1.807) is 0 Å². The topological polar surface area (TPSA) is 52.9 Å². The summed E-state index contributed by atoms with van der Waals surface area (Å²) in [4.78, 5) is 0. The minimum Gasteiger partial charge on any atom is -0.371 e. The Morgan fingerprint density at radius 2 is 1.64 bits per heavy atom. The highest BCUT2D eigenvalue weighted by molar-refractivity contribution is 4.96. The molecule has 0 aromatic carbocycles. The van der Waals surface area contributed by atoms with Crippen LogP contribution < -0.4 is 0 Å². The van der Waals surface area contributed by atoms with Crippen molar-refractivity contribution < 1.29 is 15.1 Å². The van der Waals surface area contributed by atoms with Gasteiger partial charge in [-0.2, -0.15) is 5.06 Å². The predicted octanol–water partition coefficient (Wildman–Crippen LogP) is 1.36. The van der Waals surface area contributed by atoms with Crippen LogP contribution in [0.2, 0.25) is 0 Å². The Balaban J connectivity index is 2.75. The molecule has 1 rings (SSSR count). The van der Waals surface area contributed by atoms with E-state index in [0.29, 0.717) is 0 Å². The molecule has 0 bridgehead atoms. The highest BCUT2D eigenvalue weighted by Gasteiger charge is 2.45. The van der Waals surface area contributed by atoms with Crippen LogP contribution in [-0.2, 0) is 4.74 Å². The lowest BCUT2D eigenvalue weighted by atomic mass is 9.80. The van der Waals surface area contributed by atoms with Crippen LogP contribution in [0.5, 0.6) is 0 Å². The first-order valence-corrected chi connectivity index (χ1v) is 5.01. The summed E-state index contributed by atoms with van der Waals surface area (Å²) in [5.74, 6) is 0. The van der Waals surface area contributed by atoms with Crippen molar-refractivity contribution in [1.29, 1.82) is 0 Å². The van der Waals surface area contributed by atoms with E-state index in [1.807, 2.05) is 27.7 Å². The van der Waals surface area contributed by atoms with Gasteiger partial charge in [0.05, 0.1) is 6.10 Å². The van der Waals surface area contributed by atoms with Crippen molar-refractivity contribution in [3.63, 3.8) is 0 Å². The van der Waals surface area contributed by atoms with Gasteiger partial charge in [-0.25, -0.2) is 0 Å². The van der Waals surface area contributed by atoms with Crippen molar-refractivity contribution in [2.45, 2.75) is 57.7 Å². The molecule has 0 atom stereocenters. The number of aliphatic hydroxyl groups excluding tert-OH is 1. The fourth-order valence-corrected chi connectivity index (χ4v) is 2.40. The molecule has 84 valence electrons. The Morgan fingerprint density at radius 3 is 2.00 bits per heavy atom. The number of ether oxygens (including phenoxy) is 1. The van der Waals surface area contributed by atoms with Crippen LogP contribution in [-0.4, -0.2) is 39.4 Å². The average Bonchev–Trinajstić information content (AvgIpc) is 1.99. The number of hydroxylamine groups is 2. The predicted molar refractivity (Wildman–Crippen MR) is 53.0 cm³/mol. The van der Waals surface area contributed by atoms with Gasteiger partial charge in [0, 0.05) is 11.1 Å². The Labute approximate surface area is 85.4 Å². The molecule has 1 aliphatic heterocycles. The second-order valence-corrected chi connectivity index (χ2v) is 5.26. The largest absolute Gasteiger partial charge is 0.371 e. The summed E-state index contributed by atoms with van der Waals surface area (Å²) in [6.07, 6.45) is 1.48. The third kappa shape index (κ3) is 2.25. The summed E-state index contributed by atoms with van der Waals surface area (Å²) in [6, 6.07) is 0. The number of nitrogens with zero attached hydrogens (tertiary/aromatic N) is 1. The van der Waals surface area contributed by atoms with Gasteiger partial charge in [-0.3, -0.25) is 0 Å². The molecule has 4 nitrogen and oxygen atoms in total. The summed E-state index contributed by atoms with van der Waals surface area (Å²) in [5.41, 5.74) is -0.608. The maximum atomic E-state index is 9.97.